The minimum Gasteiger partial charge on any atom is -0.369 e. The van der Waals surface area contributed by atoms with Crippen molar-refractivity contribution in [3.63, 3.8) is 0 Å². The van der Waals surface area contributed by atoms with E-state index in [0.29, 0.717) is 0 Å². The van der Waals surface area contributed by atoms with Gasteiger partial charge in [0.15, 0.2) is 0 Å². The maximum Gasteiger partial charge on any atom is 0.142 e. The van der Waals surface area contributed by atoms with E-state index < -0.39 is 0 Å². The molecular formula is C12H16N4. The van der Waals surface area contributed by atoms with Crippen LogP contribution in [0.25, 0.3) is 11.0 Å². The number of hydrogen-bond acceptors (Lipinski definition) is 3. The molecule has 4 nitrogen and oxygen atoms in total. The van der Waals surface area contributed by atoms with E-state index in [-0.39, 0.29) is 0 Å². The van der Waals surface area contributed by atoms with Crippen LogP contribution in [0.2, 0.25) is 0 Å². The van der Waals surface area contributed by atoms with Crippen molar-refractivity contribution in [2.24, 2.45) is 5.92 Å². The van der Waals surface area contributed by atoms with E-state index in [0.717, 1.165) is 29.3 Å². The Balaban J connectivity index is 1.75. The quantitative estimate of drug-likeness (QED) is 0.829. The lowest BCUT2D eigenvalue weighted by atomic mass is 10.1. The van der Waals surface area contributed by atoms with Crippen LogP contribution in [0.15, 0.2) is 18.6 Å². The summed E-state index contributed by atoms with van der Waals surface area (Å²) in [6, 6.07) is 2.02. The van der Waals surface area contributed by atoms with Crippen LogP contribution in [0.5, 0.6) is 0 Å². The van der Waals surface area contributed by atoms with Gasteiger partial charge in [-0.3, -0.25) is 0 Å². The summed E-state index contributed by atoms with van der Waals surface area (Å²) in [4.78, 5) is 11.6. The summed E-state index contributed by atoms with van der Waals surface area (Å²) in [5.41, 5.74) is 0.906. The predicted molar refractivity (Wildman–Crippen MR) is 64.3 cm³/mol. The summed E-state index contributed by atoms with van der Waals surface area (Å²) in [7, 11) is 0. The fraction of sp³-hybridized carbons (Fsp3) is 0.500. The summed E-state index contributed by atoms with van der Waals surface area (Å²) in [6.07, 6.45) is 8.99. The van der Waals surface area contributed by atoms with Crippen molar-refractivity contribution in [1.29, 1.82) is 0 Å². The largest absolute Gasteiger partial charge is 0.369 e. The number of rotatable bonds is 3. The first-order chi connectivity index (χ1) is 7.93. The van der Waals surface area contributed by atoms with Gasteiger partial charge in [0.05, 0.1) is 5.39 Å². The smallest absolute Gasteiger partial charge is 0.142 e. The number of nitrogens with one attached hydrogen (secondary N) is 2. The van der Waals surface area contributed by atoms with Crippen molar-refractivity contribution < 1.29 is 0 Å². The molecular weight excluding hydrogens is 200 g/mol. The average molecular weight is 216 g/mol. The highest BCUT2D eigenvalue weighted by Gasteiger charge is 2.15. The van der Waals surface area contributed by atoms with Crippen LogP contribution in [0.3, 0.4) is 0 Å². The monoisotopic (exact) mass is 216 g/mol. The zero-order valence-electron chi connectivity index (χ0n) is 9.24. The van der Waals surface area contributed by atoms with Gasteiger partial charge in [0, 0.05) is 12.7 Å². The van der Waals surface area contributed by atoms with Gasteiger partial charge >= 0.3 is 0 Å². The Hall–Kier alpha value is -1.58. The Morgan fingerprint density at radius 1 is 1.31 bits per heavy atom. The van der Waals surface area contributed by atoms with Crippen molar-refractivity contribution in [2.75, 3.05) is 11.9 Å². The summed E-state index contributed by atoms with van der Waals surface area (Å²) < 4.78 is 0. The molecule has 1 saturated carbocycles. The minimum absolute atomic E-state index is 0.823. The maximum absolute atomic E-state index is 4.30. The lowest BCUT2D eigenvalue weighted by molar-refractivity contribution is 0.579. The van der Waals surface area contributed by atoms with Crippen LogP contribution < -0.4 is 5.32 Å². The lowest BCUT2D eigenvalue weighted by Crippen LogP contribution is -2.12. The van der Waals surface area contributed by atoms with Gasteiger partial charge in [-0.2, -0.15) is 0 Å². The first kappa shape index (κ1) is 9.63. The van der Waals surface area contributed by atoms with Crippen molar-refractivity contribution in [3.8, 4) is 0 Å². The SMILES string of the molecule is c1nc(NCC2CCCC2)c2cc[nH]c2n1. The second-order valence-corrected chi connectivity index (χ2v) is 4.49. The third-order valence-corrected chi connectivity index (χ3v) is 3.39. The van der Waals surface area contributed by atoms with Crippen molar-refractivity contribution >= 4 is 16.9 Å². The van der Waals surface area contributed by atoms with Gasteiger partial charge < -0.3 is 10.3 Å². The van der Waals surface area contributed by atoms with Gasteiger partial charge in [0.2, 0.25) is 0 Å². The van der Waals surface area contributed by atoms with Gasteiger partial charge in [-0.25, -0.2) is 9.97 Å². The molecule has 0 amide bonds. The number of fused-ring (bicyclic) bond motifs is 1. The third-order valence-electron chi connectivity index (χ3n) is 3.39. The molecule has 16 heavy (non-hydrogen) atoms. The number of H-pyrrole nitrogens is 1. The summed E-state index contributed by atoms with van der Waals surface area (Å²) in [5, 5.41) is 4.53. The average Bonchev–Trinajstić information content (AvgIpc) is 2.97. The van der Waals surface area contributed by atoms with Gasteiger partial charge in [0.1, 0.15) is 17.8 Å². The van der Waals surface area contributed by atoms with Gasteiger partial charge in [-0.1, -0.05) is 12.8 Å². The third kappa shape index (κ3) is 1.75. The van der Waals surface area contributed by atoms with Crippen LogP contribution in [0.4, 0.5) is 5.82 Å². The highest BCUT2D eigenvalue weighted by molar-refractivity contribution is 5.86. The molecule has 0 unspecified atom stereocenters. The fourth-order valence-electron chi connectivity index (χ4n) is 2.47. The molecule has 1 aliphatic rings. The molecule has 2 N–H and O–H groups in total. The number of anilines is 1. The fourth-order valence-corrected chi connectivity index (χ4v) is 2.47. The highest BCUT2D eigenvalue weighted by Crippen LogP contribution is 2.25. The molecule has 4 heteroatoms. The van der Waals surface area contributed by atoms with E-state index in [1.807, 2.05) is 12.3 Å². The van der Waals surface area contributed by atoms with E-state index in [4.69, 9.17) is 0 Å². The molecule has 2 heterocycles. The molecule has 0 radical (unpaired) electrons. The zero-order chi connectivity index (χ0) is 10.8. The highest BCUT2D eigenvalue weighted by atomic mass is 15.0. The normalized spacial score (nSPS) is 17.0. The molecule has 0 atom stereocenters. The minimum atomic E-state index is 0.823. The number of nitrogens with zero attached hydrogens (tertiary/aromatic N) is 2. The maximum atomic E-state index is 4.30. The molecule has 1 fully saturated rings. The first-order valence-corrected chi connectivity index (χ1v) is 5.95. The summed E-state index contributed by atoms with van der Waals surface area (Å²) in [5.74, 6) is 1.78. The molecule has 0 spiro atoms. The van der Waals surface area contributed by atoms with Crippen molar-refractivity contribution in [1.82, 2.24) is 15.0 Å². The number of aromatic amines is 1. The molecule has 0 bridgehead atoms. The van der Waals surface area contributed by atoms with Crippen LogP contribution in [0.1, 0.15) is 25.7 Å². The molecule has 2 aromatic rings. The van der Waals surface area contributed by atoms with Gasteiger partial charge in [0.25, 0.3) is 0 Å². The van der Waals surface area contributed by atoms with Crippen molar-refractivity contribution in [2.45, 2.75) is 25.7 Å². The molecule has 3 rings (SSSR count). The van der Waals surface area contributed by atoms with E-state index >= 15 is 0 Å². The van der Waals surface area contributed by atoms with Crippen molar-refractivity contribution in [3.05, 3.63) is 18.6 Å². The van der Waals surface area contributed by atoms with Crippen LogP contribution in [-0.2, 0) is 0 Å². The van der Waals surface area contributed by atoms with Crippen LogP contribution in [0, 0.1) is 5.92 Å². The standard InChI is InChI=1S/C12H16N4/c1-2-4-9(3-1)7-14-12-10-5-6-13-11(10)15-8-16-12/h5-6,8-9H,1-4,7H2,(H2,13,14,15,16). The topological polar surface area (TPSA) is 53.6 Å². The summed E-state index contributed by atoms with van der Waals surface area (Å²) >= 11 is 0. The molecule has 0 aliphatic heterocycles. The molecule has 0 aromatic carbocycles. The Labute approximate surface area is 94.5 Å². The van der Waals surface area contributed by atoms with Gasteiger partial charge in [-0.15, -0.1) is 0 Å². The van der Waals surface area contributed by atoms with E-state index in [2.05, 4.69) is 20.3 Å². The molecule has 1 aliphatic carbocycles. The van der Waals surface area contributed by atoms with Gasteiger partial charge in [-0.05, 0) is 24.8 Å². The Bertz CT molecular complexity index is 471. The molecule has 2 aromatic heterocycles. The van der Waals surface area contributed by atoms with E-state index in [9.17, 15) is 0 Å². The number of aromatic nitrogens is 3. The van der Waals surface area contributed by atoms with E-state index in [1.54, 1.807) is 6.33 Å². The lowest BCUT2D eigenvalue weighted by Gasteiger charge is -2.11. The van der Waals surface area contributed by atoms with E-state index in [1.165, 1.54) is 25.7 Å². The first-order valence-electron chi connectivity index (χ1n) is 5.95. The van der Waals surface area contributed by atoms with Crippen LogP contribution in [-0.4, -0.2) is 21.5 Å². The Morgan fingerprint density at radius 2 is 2.19 bits per heavy atom. The molecule has 0 saturated heterocycles. The Kier molecular flexibility index (Phi) is 2.48. The Morgan fingerprint density at radius 3 is 3.06 bits per heavy atom. The molecule has 84 valence electrons. The second-order valence-electron chi connectivity index (χ2n) is 4.49. The van der Waals surface area contributed by atoms with Crippen LogP contribution >= 0.6 is 0 Å². The zero-order valence-corrected chi connectivity index (χ0v) is 9.24. The number of hydrogen-bond donors (Lipinski definition) is 2. The predicted octanol–water partition coefficient (Wildman–Crippen LogP) is 2.56. The second kappa shape index (κ2) is 4.12. The summed E-state index contributed by atoms with van der Waals surface area (Å²) in [6.45, 7) is 1.04.